The average Bonchev–Trinajstić information content (AvgIpc) is 2.58. The van der Waals surface area contributed by atoms with Crippen molar-refractivity contribution in [2.45, 2.75) is 43.4 Å². The fourth-order valence-electron chi connectivity index (χ4n) is 6.06. The van der Waals surface area contributed by atoms with E-state index >= 15 is 0 Å². The third kappa shape index (κ3) is 2.31. The molecule has 0 aliphatic heterocycles. The molecule has 2 atom stereocenters. The van der Waals surface area contributed by atoms with E-state index in [0.29, 0.717) is 11.8 Å². The van der Waals surface area contributed by atoms with Crippen molar-refractivity contribution >= 4 is 34.1 Å². The van der Waals surface area contributed by atoms with Crippen molar-refractivity contribution in [3.63, 3.8) is 0 Å². The molecule has 2 unspecified atom stereocenters. The van der Waals surface area contributed by atoms with Crippen molar-refractivity contribution in [2.24, 2.45) is 23.1 Å². The number of amides is 1. The molecule has 0 radical (unpaired) electrons. The minimum atomic E-state index is -0.384. The summed E-state index contributed by atoms with van der Waals surface area (Å²) in [5.41, 5.74) is 1.20. The molecular formula is C20H22ClN3O. The Morgan fingerprint density at radius 2 is 1.92 bits per heavy atom. The number of hydrogen-bond donors (Lipinski definition) is 1. The molecular weight excluding hydrogens is 334 g/mol. The normalized spacial score (nSPS) is 35.9. The van der Waals surface area contributed by atoms with Crippen LogP contribution < -0.4 is 10.9 Å². The zero-order valence-electron chi connectivity index (χ0n) is 14.1. The Kier molecular flexibility index (Phi) is 3.23. The molecule has 1 heterocycles. The van der Waals surface area contributed by atoms with Gasteiger partial charge in [0, 0.05) is 16.5 Å². The lowest BCUT2D eigenvalue weighted by Crippen LogP contribution is -2.60. The lowest BCUT2D eigenvalue weighted by molar-refractivity contribution is -0.141. The van der Waals surface area contributed by atoms with Crippen molar-refractivity contribution in [3.05, 3.63) is 36.5 Å². The Hall–Kier alpha value is -1.65. The molecule has 130 valence electrons. The maximum atomic E-state index is 13.5. The quantitative estimate of drug-likeness (QED) is 0.383. The van der Waals surface area contributed by atoms with E-state index in [1.807, 2.05) is 30.3 Å². The van der Waals surface area contributed by atoms with E-state index in [0.717, 1.165) is 48.7 Å². The Labute approximate surface area is 152 Å². The number of hydrazine groups is 1. The van der Waals surface area contributed by atoms with Crippen LogP contribution in [0.25, 0.3) is 10.9 Å². The van der Waals surface area contributed by atoms with Crippen LogP contribution in [0.1, 0.15) is 38.5 Å². The molecule has 6 rings (SSSR count). The first-order chi connectivity index (χ1) is 12.0. The van der Waals surface area contributed by atoms with Crippen molar-refractivity contribution < 1.29 is 4.79 Å². The number of rotatable bonds is 2. The van der Waals surface area contributed by atoms with Gasteiger partial charge in [0.15, 0.2) is 0 Å². The fourth-order valence-corrected chi connectivity index (χ4v) is 6.76. The first-order valence-corrected chi connectivity index (χ1v) is 9.48. The van der Waals surface area contributed by atoms with Gasteiger partial charge in [0.1, 0.15) is 0 Å². The maximum Gasteiger partial charge on any atom is 0.247 e. The molecule has 4 aliphatic carbocycles. The summed E-state index contributed by atoms with van der Waals surface area (Å²) >= 11 is 6.89. The molecule has 2 aromatic rings. The minimum Gasteiger partial charge on any atom is -0.272 e. The summed E-state index contributed by atoms with van der Waals surface area (Å²) in [6.07, 6.45) is 7.74. The molecule has 0 spiro atoms. The Balaban J connectivity index is 1.54. The molecule has 0 saturated heterocycles. The van der Waals surface area contributed by atoms with Crippen LogP contribution in [0.15, 0.2) is 36.5 Å². The predicted octanol–water partition coefficient (Wildman–Crippen LogP) is 4.02. The topological polar surface area (TPSA) is 59.2 Å². The number of fused-ring (bicyclic) bond motifs is 1. The summed E-state index contributed by atoms with van der Waals surface area (Å²) in [5.74, 6) is 7.56. The Morgan fingerprint density at radius 1 is 1.16 bits per heavy atom. The summed E-state index contributed by atoms with van der Waals surface area (Å²) in [5, 5.41) is 2.28. The number of anilines is 1. The third-order valence-electron chi connectivity index (χ3n) is 6.54. The largest absolute Gasteiger partial charge is 0.272 e. The molecule has 2 N–H and O–H groups in total. The third-order valence-corrected chi connectivity index (χ3v) is 6.99. The number of halogens is 1. The molecule has 1 aromatic heterocycles. The number of nitrogens with zero attached hydrogens (tertiary/aromatic N) is 2. The van der Waals surface area contributed by atoms with Crippen LogP contribution in [-0.2, 0) is 4.79 Å². The van der Waals surface area contributed by atoms with Gasteiger partial charge in [-0.15, -0.1) is 11.6 Å². The van der Waals surface area contributed by atoms with Gasteiger partial charge in [-0.2, -0.15) is 0 Å². The van der Waals surface area contributed by atoms with Gasteiger partial charge in [0.25, 0.3) is 0 Å². The molecule has 1 amide bonds. The van der Waals surface area contributed by atoms with Crippen LogP contribution in [0.5, 0.6) is 0 Å². The van der Waals surface area contributed by atoms with Gasteiger partial charge < -0.3 is 0 Å². The van der Waals surface area contributed by atoms with E-state index in [9.17, 15) is 4.79 Å². The number of aromatic nitrogens is 1. The standard InChI is InChI=1S/C20H22ClN3O/c21-20-10-13-7-14(11-20)9-19(8-13,12-20)18(25)24(22)17-5-1-4-16-15(17)3-2-6-23-16/h1-6,13-14H,7-12,22H2. The first-order valence-electron chi connectivity index (χ1n) is 9.10. The number of hydrogen-bond acceptors (Lipinski definition) is 3. The summed E-state index contributed by atoms with van der Waals surface area (Å²) < 4.78 is 0. The molecule has 1 aromatic carbocycles. The highest BCUT2D eigenvalue weighted by molar-refractivity contribution is 6.24. The highest BCUT2D eigenvalue weighted by atomic mass is 35.5. The van der Waals surface area contributed by atoms with Crippen molar-refractivity contribution in [1.29, 1.82) is 0 Å². The summed E-state index contributed by atoms with van der Waals surface area (Å²) in [6, 6.07) is 9.59. The second kappa shape index (κ2) is 5.18. The van der Waals surface area contributed by atoms with Crippen molar-refractivity contribution in [2.75, 3.05) is 5.01 Å². The first kappa shape index (κ1) is 15.6. The van der Waals surface area contributed by atoms with E-state index in [4.69, 9.17) is 17.4 Å². The Morgan fingerprint density at radius 3 is 2.64 bits per heavy atom. The lowest BCUT2D eigenvalue weighted by atomic mass is 9.49. The van der Waals surface area contributed by atoms with Crippen molar-refractivity contribution in [1.82, 2.24) is 4.98 Å². The van der Waals surface area contributed by atoms with E-state index in [-0.39, 0.29) is 16.2 Å². The summed E-state index contributed by atoms with van der Waals surface area (Å²) in [4.78, 5) is 17.7. The van der Waals surface area contributed by atoms with Crippen LogP contribution in [0.3, 0.4) is 0 Å². The number of nitrogens with two attached hydrogens (primary N) is 1. The minimum absolute atomic E-state index is 0.0305. The average molecular weight is 356 g/mol. The highest BCUT2D eigenvalue weighted by Gasteiger charge is 2.60. The van der Waals surface area contributed by atoms with Gasteiger partial charge in [-0.05, 0) is 74.6 Å². The molecule has 4 saturated carbocycles. The van der Waals surface area contributed by atoms with E-state index in [1.165, 1.54) is 11.4 Å². The number of carbonyl (C=O) groups excluding carboxylic acids is 1. The smallest absolute Gasteiger partial charge is 0.247 e. The SMILES string of the molecule is NN(C(=O)C12CC3CC(CC(Cl)(C3)C1)C2)c1cccc2ncccc12. The second-order valence-corrected chi connectivity index (χ2v) is 9.22. The van der Waals surface area contributed by atoms with Crippen LogP contribution >= 0.6 is 11.6 Å². The molecule has 4 aliphatic rings. The van der Waals surface area contributed by atoms with Crippen LogP contribution in [0.2, 0.25) is 0 Å². The predicted molar refractivity (Wildman–Crippen MR) is 99.1 cm³/mol. The lowest BCUT2D eigenvalue weighted by Gasteiger charge is -2.59. The van der Waals surface area contributed by atoms with Crippen LogP contribution in [-0.4, -0.2) is 15.8 Å². The number of pyridine rings is 1. The van der Waals surface area contributed by atoms with Gasteiger partial charge in [-0.1, -0.05) is 6.07 Å². The zero-order chi connectivity index (χ0) is 17.2. The Bertz CT molecular complexity index is 848. The number of alkyl halides is 1. The summed E-state index contributed by atoms with van der Waals surface area (Å²) in [6.45, 7) is 0. The van der Waals surface area contributed by atoms with Gasteiger partial charge in [0.2, 0.25) is 5.91 Å². The molecule has 4 fully saturated rings. The maximum absolute atomic E-state index is 13.5. The second-order valence-electron chi connectivity index (χ2n) is 8.41. The van der Waals surface area contributed by atoms with Crippen molar-refractivity contribution in [3.8, 4) is 0 Å². The van der Waals surface area contributed by atoms with Gasteiger partial charge in [0.05, 0.1) is 16.6 Å². The number of benzene rings is 1. The summed E-state index contributed by atoms with van der Waals surface area (Å²) in [7, 11) is 0. The van der Waals surface area contributed by atoms with Crippen LogP contribution in [0.4, 0.5) is 5.69 Å². The number of carbonyl (C=O) groups is 1. The van der Waals surface area contributed by atoms with Gasteiger partial charge in [-0.25, -0.2) is 10.9 Å². The highest BCUT2D eigenvalue weighted by Crippen LogP contribution is 2.64. The molecule has 4 nitrogen and oxygen atoms in total. The zero-order valence-corrected chi connectivity index (χ0v) is 14.9. The van der Waals surface area contributed by atoms with E-state index in [2.05, 4.69) is 4.98 Å². The van der Waals surface area contributed by atoms with Crippen LogP contribution in [0, 0.1) is 17.3 Å². The molecule has 4 bridgehead atoms. The molecule has 5 heteroatoms. The van der Waals surface area contributed by atoms with Gasteiger partial charge in [-0.3, -0.25) is 9.78 Å². The monoisotopic (exact) mass is 355 g/mol. The van der Waals surface area contributed by atoms with E-state index < -0.39 is 0 Å². The fraction of sp³-hybridized carbons (Fsp3) is 0.500. The molecule has 25 heavy (non-hydrogen) atoms. The van der Waals surface area contributed by atoms with Gasteiger partial charge >= 0.3 is 0 Å². The van der Waals surface area contributed by atoms with E-state index in [1.54, 1.807) is 6.20 Å².